The first-order valence-corrected chi connectivity index (χ1v) is 13.3. The maximum absolute atomic E-state index is 13.6. The third-order valence-electron chi connectivity index (χ3n) is 6.82. The van der Waals surface area contributed by atoms with E-state index in [1.807, 2.05) is 62.4 Å². The van der Waals surface area contributed by atoms with E-state index in [2.05, 4.69) is 22.3 Å². The van der Waals surface area contributed by atoms with E-state index in [1.165, 1.54) is 0 Å². The van der Waals surface area contributed by atoms with E-state index >= 15 is 0 Å². The largest absolute Gasteiger partial charge is 0.467 e. The van der Waals surface area contributed by atoms with Gasteiger partial charge in [-0.2, -0.15) is 0 Å². The molecule has 1 fully saturated rings. The first-order valence-electron chi connectivity index (χ1n) is 13.3. The molecular formula is C30H38N4O4. The van der Waals surface area contributed by atoms with Gasteiger partial charge in [-0.25, -0.2) is 4.79 Å². The highest BCUT2D eigenvalue weighted by Gasteiger charge is 2.24. The number of benzene rings is 2. The predicted octanol–water partition coefficient (Wildman–Crippen LogP) is 4.33. The Bertz CT molecular complexity index is 1160. The van der Waals surface area contributed by atoms with E-state index in [9.17, 15) is 9.59 Å². The van der Waals surface area contributed by atoms with Crippen LogP contribution in [0, 0.1) is 13.8 Å². The van der Waals surface area contributed by atoms with Crippen molar-refractivity contribution in [3.8, 4) is 0 Å². The summed E-state index contributed by atoms with van der Waals surface area (Å²) in [5.41, 5.74) is 4.02. The molecule has 1 aromatic heterocycles. The molecule has 3 aromatic rings. The molecule has 0 saturated carbocycles. The van der Waals surface area contributed by atoms with Crippen molar-refractivity contribution in [3.05, 3.63) is 89.4 Å². The summed E-state index contributed by atoms with van der Waals surface area (Å²) in [6.07, 6.45) is 2.33. The van der Waals surface area contributed by atoms with Gasteiger partial charge in [0.25, 0.3) is 0 Å². The molecular weight excluding hydrogens is 480 g/mol. The Morgan fingerprint density at radius 1 is 0.947 bits per heavy atom. The molecule has 1 aliphatic rings. The number of rotatable bonds is 11. The van der Waals surface area contributed by atoms with Gasteiger partial charge in [-0.1, -0.05) is 48.0 Å². The molecule has 0 atom stereocenters. The molecule has 0 unspecified atom stereocenters. The number of carbonyl (C=O) groups excluding carboxylic acids is 2. The van der Waals surface area contributed by atoms with Crippen LogP contribution in [0.4, 0.5) is 10.5 Å². The second kappa shape index (κ2) is 13.8. The highest BCUT2D eigenvalue weighted by Crippen LogP contribution is 2.17. The normalized spacial score (nSPS) is 13.7. The summed E-state index contributed by atoms with van der Waals surface area (Å²) in [7, 11) is 0. The summed E-state index contributed by atoms with van der Waals surface area (Å²) in [5, 5.41) is 3.03. The van der Waals surface area contributed by atoms with Crippen molar-refractivity contribution >= 4 is 17.6 Å². The van der Waals surface area contributed by atoms with Crippen molar-refractivity contribution in [2.24, 2.45) is 0 Å². The molecule has 1 aliphatic heterocycles. The standard InChI is InChI=1S/C30H38N4O4/c1-24-10-11-28(25(2)21-24)31-30(36)34(15-14-32-16-19-37-20-17-32)23-29(35)33(22-27-9-6-18-38-27)13-12-26-7-4-3-5-8-26/h3-11,18,21H,12-17,19-20,22-23H2,1-2H3,(H,31,36). The summed E-state index contributed by atoms with van der Waals surface area (Å²) >= 11 is 0. The molecule has 1 saturated heterocycles. The minimum Gasteiger partial charge on any atom is -0.467 e. The lowest BCUT2D eigenvalue weighted by molar-refractivity contribution is -0.132. The van der Waals surface area contributed by atoms with Crippen LogP contribution >= 0.6 is 0 Å². The van der Waals surface area contributed by atoms with Gasteiger partial charge in [0.1, 0.15) is 12.3 Å². The van der Waals surface area contributed by atoms with Crippen LogP contribution in [0.25, 0.3) is 0 Å². The van der Waals surface area contributed by atoms with Gasteiger partial charge in [0, 0.05) is 38.4 Å². The van der Waals surface area contributed by atoms with Crippen molar-refractivity contribution in [1.82, 2.24) is 14.7 Å². The van der Waals surface area contributed by atoms with Crippen LogP contribution < -0.4 is 5.32 Å². The smallest absolute Gasteiger partial charge is 0.322 e. The zero-order chi connectivity index (χ0) is 26.7. The molecule has 4 rings (SSSR count). The Balaban J connectivity index is 1.47. The molecule has 8 heteroatoms. The highest BCUT2D eigenvalue weighted by molar-refractivity contribution is 5.93. The summed E-state index contributed by atoms with van der Waals surface area (Å²) in [5.74, 6) is 0.598. The monoisotopic (exact) mass is 518 g/mol. The number of anilines is 1. The Kier molecular flexibility index (Phi) is 9.95. The van der Waals surface area contributed by atoms with Gasteiger partial charge in [-0.05, 0) is 49.6 Å². The van der Waals surface area contributed by atoms with Crippen molar-refractivity contribution < 1.29 is 18.7 Å². The Hall–Kier alpha value is -3.62. The van der Waals surface area contributed by atoms with Crippen molar-refractivity contribution in [3.63, 3.8) is 0 Å². The molecule has 0 bridgehead atoms. The summed E-state index contributed by atoms with van der Waals surface area (Å²) in [6.45, 7) is 8.99. The van der Waals surface area contributed by atoms with Gasteiger partial charge in [-0.3, -0.25) is 9.69 Å². The van der Waals surface area contributed by atoms with Gasteiger partial charge >= 0.3 is 6.03 Å². The average molecular weight is 519 g/mol. The number of morpholine rings is 1. The van der Waals surface area contributed by atoms with Crippen LogP contribution in [0.3, 0.4) is 0 Å². The summed E-state index contributed by atoms with van der Waals surface area (Å²) in [6, 6.07) is 19.4. The minimum atomic E-state index is -0.278. The van der Waals surface area contributed by atoms with E-state index in [-0.39, 0.29) is 18.5 Å². The topological polar surface area (TPSA) is 78.3 Å². The molecule has 0 spiro atoms. The van der Waals surface area contributed by atoms with E-state index in [1.54, 1.807) is 16.1 Å². The first kappa shape index (κ1) is 27.4. The molecule has 0 radical (unpaired) electrons. The van der Waals surface area contributed by atoms with Crippen LogP contribution in [0.1, 0.15) is 22.5 Å². The molecule has 3 amide bonds. The number of furan rings is 1. The van der Waals surface area contributed by atoms with E-state index in [4.69, 9.17) is 9.15 Å². The number of aryl methyl sites for hydroxylation is 2. The Morgan fingerprint density at radius 2 is 1.74 bits per heavy atom. The number of nitrogens with zero attached hydrogens (tertiary/aromatic N) is 3. The van der Waals surface area contributed by atoms with Crippen molar-refractivity contribution in [2.45, 2.75) is 26.8 Å². The van der Waals surface area contributed by atoms with Gasteiger partial charge in [0.2, 0.25) is 5.91 Å². The number of nitrogens with one attached hydrogen (secondary N) is 1. The molecule has 202 valence electrons. The Labute approximate surface area is 225 Å². The number of urea groups is 1. The number of ether oxygens (including phenoxy) is 1. The minimum absolute atomic E-state index is 0.0173. The van der Waals surface area contributed by atoms with Crippen LogP contribution in [0.5, 0.6) is 0 Å². The zero-order valence-electron chi connectivity index (χ0n) is 22.4. The Morgan fingerprint density at radius 3 is 2.45 bits per heavy atom. The zero-order valence-corrected chi connectivity index (χ0v) is 22.4. The summed E-state index contributed by atoms with van der Waals surface area (Å²) in [4.78, 5) is 32.8. The van der Waals surface area contributed by atoms with Gasteiger partial charge in [0.15, 0.2) is 0 Å². The van der Waals surface area contributed by atoms with Crippen molar-refractivity contribution in [2.75, 3.05) is 57.8 Å². The fourth-order valence-electron chi connectivity index (χ4n) is 4.54. The van der Waals surface area contributed by atoms with Crippen LogP contribution in [-0.2, 0) is 22.5 Å². The lowest BCUT2D eigenvalue weighted by Gasteiger charge is -2.31. The van der Waals surface area contributed by atoms with Gasteiger partial charge < -0.3 is 24.3 Å². The highest BCUT2D eigenvalue weighted by atomic mass is 16.5. The molecule has 2 heterocycles. The second-order valence-corrected chi connectivity index (χ2v) is 9.75. The lowest BCUT2D eigenvalue weighted by Crippen LogP contribution is -2.48. The number of carbonyl (C=O) groups is 2. The number of hydrogen-bond acceptors (Lipinski definition) is 5. The first-order chi connectivity index (χ1) is 18.5. The average Bonchev–Trinajstić information content (AvgIpc) is 3.45. The molecule has 0 aliphatic carbocycles. The lowest BCUT2D eigenvalue weighted by atomic mass is 10.1. The maximum atomic E-state index is 13.6. The third kappa shape index (κ3) is 8.19. The van der Waals surface area contributed by atoms with Crippen LogP contribution in [0.2, 0.25) is 0 Å². The SMILES string of the molecule is Cc1ccc(NC(=O)N(CCN2CCOCC2)CC(=O)N(CCc2ccccc2)Cc2ccco2)c(C)c1. The second-order valence-electron chi connectivity index (χ2n) is 9.75. The third-order valence-corrected chi connectivity index (χ3v) is 6.82. The van der Waals surface area contributed by atoms with E-state index in [0.29, 0.717) is 45.2 Å². The van der Waals surface area contributed by atoms with E-state index < -0.39 is 0 Å². The van der Waals surface area contributed by atoms with Crippen molar-refractivity contribution in [1.29, 1.82) is 0 Å². The van der Waals surface area contributed by atoms with Gasteiger partial charge in [0.05, 0.1) is 26.0 Å². The van der Waals surface area contributed by atoms with Crippen LogP contribution in [0.15, 0.2) is 71.3 Å². The summed E-state index contributed by atoms with van der Waals surface area (Å²) < 4.78 is 11.0. The van der Waals surface area contributed by atoms with E-state index in [0.717, 1.165) is 41.9 Å². The van der Waals surface area contributed by atoms with Crippen LogP contribution in [-0.4, -0.2) is 79.1 Å². The van der Waals surface area contributed by atoms with Gasteiger partial charge in [-0.15, -0.1) is 0 Å². The quantitative estimate of drug-likeness (QED) is 0.409. The maximum Gasteiger partial charge on any atom is 0.322 e. The molecule has 8 nitrogen and oxygen atoms in total. The number of amides is 3. The predicted molar refractivity (Wildman–Crippen MR) is 148 cm³/mol. The molecule has 1 N–H and O–H groups in total. The molecule has 2 aromatic carbocycles. The fraction of sp³-hybridized carbons (Fsp3) is 0.400. The molecule has 38 heavy (non-hydrogen) atoms. The fourth-order valence-corrected chi connectivity index (χ4v) is 4.54. The number of hydrogen-bond donors (Lipinski definition) is 1.